The molecule has 0 aliphatic heterocycles. The van der Waals surface area contributed by atoms with Crippen molar-refractivity contribution in [3.8, 4) is 0 Å². The number of halogens is 4. The van der Waals surface area contributed by atoms with Crippen molar-refractivity contribution < 1.29 is 72.5 Å². The molecule has 0 amide bonds. The van der Waals surface area contributed by atoms with Gasteiger partial charge in [-0.05, 0) is 0 Å². The van der Waals surface area contributed by atoms with Crippen LogP contribution < -0.4 is 97.0 Å². The number of hydrogen-bond acceptors (Lipinski definition) is 5. The van der Waals surface area contributed by atoms with E-state index < -0.39 is 0 Å². The van der Waals surface area contributed by atoms with Gasteiger partial charge in [0.1, 0.15) is 0 Å². The summed E-state index contributed by atoms with van der Waals surface area (Å²) < 4.78 is 11.2. The Hall–Kier alpha value is -4.09. The third-order valence-electron chi connectivity index (χ3n) is 9.05. The summed E-state index contributed by atoms with van der Waals surface area (Å²) in [4.78, 5) is 10.6. The molecule has 1 fully saturated rings. The molecule has 54 heavy (non-hydrogen) atoms. The van der Waals surface area contributed by atoms with Crippen LogP contribution in [0.3, 0.4) is 0 Å². The molecule has 5 heterocycles. The summed E-state index contributed by atoms with van der Waals surface area (Å²) in [6.07, 6.45) is 21.6. The van der Waals surface area contributed by atoms with Crippen molar-refractivity contribution in [2.45, 2.75) is 0 Å². The first-order valence-electron chi connectivity index (χ1n) is 16.8. The third-order valence-corrected chi connectivity index (χ3v) is 9.05. The molecule has 0 aromatic carbocycles. The second kappa shape index (κ2) is 19.5. The monoisotopic (exact) mass is 810 g/mol. The number of anilines is 5. The molecular formula is C40H50Cl4N10+. The van der Waals surface area contributed by atoms with Crippen molar-refractivity contribution in [3.05, 3.63) is 153 Å². The number of rotatable bonds is 10. The Morgan fingerprint density at radius 3 is 0.444 bits per heavy atom. The maximum absolute atomic E-state index is 2.24. The van der Waals surface area contributed by atoms with E-state index in [1.807, 2.05) is 0 Å². The molecular weight excluding hydrogens is 762 g/mol. The van der Waals surface area contributed by atoms with Crippen LogP contribution in [-0.2, 0) is 0 Å². The zero-order chi connectivity index (χ0) is 35.7. The van der Waals surface area contributed by atoms with Crippen LogP contribution in [0.2, 0.25) is 0 Å². The first-order chi connectivity index (χ1) is 23.9. The number of pyridine rings is 5. The minimum atomic E-state index is 0. The lowest BCUT2D eigenvalue weighted by Crippen LogP contribution is -3.00. The fourth-order valence-electron chi connectivity index (χ4n) is 6.11. The van der Waals surface area contributed by atoms with Crippen LogP contribution in [0.1, 0.15) is 0 Å². The van der Waals surface area contributed by atoms with Crippen molar-refractivity contribution in [1.82, 2.24) is 0 Å². The van der Waals surface area contributed by atoms with Gasteiger partial charge >= 0.3 is 30.2 Å². The highest BCUT2D eigenvalue weighted by atomic mass is 35.5. The van der Waals surface area contributed by atoms with Gasteiger partial charge in [0.25, 0.3) is 0 Å². The van der Waals surface area contributed by atoms with E-state index >= 15 is 0 Å². The molecule has 0 spiro atoms. The van der Waals surface area contributed by atoms with Crippen molar-refractivity contribution >= 4 is 28.4 Å². The van der Waals surface area contributed by atoms with E-state index in [0.29, 0.717) is 0 Å². The van der Waals surface area contributed by atoms with E-state index in [0.717, 1.165) is 58.6 Å². The van der Waals surface area contributed by atoms with Gasteiger partial charge in [-0.25, -0.2) is 0 Å². The normalized spacial score (nSPS) is 13.5. The van der Waals surface area contributed by atoms with Crippen LogP contribution in [0.15, 0.2) is 123 Å². The van der Waals surface area contributed by atoms with Crippen molar-refractivity contribution in [2.75, 3.05) is 95.0 Å². The van der Waals surface area contributed by atoms with Gasteiger partial charge in [-0.1, -0.05) is 0 Å². The molecule has 1 aliphatic rings. The van der Waals surface area contributed by atoms with E-state index in [1.54, 1.807) is 0 Å². The van der Waals surface area contributed by atoms with Gasteiger partial charge in [0, 0.05) is 160 Å². The molecule has 0 saturated heterocycles. The third kappa shape index (κ3) is 9.40. The summed E-state index contributed by atoms with van der Waals surface area (Å²) in [6.45, 7) is 0. The predicted molar refractivity (Wildman–Crippen MR) is 198 cm³/mol. The summed E-state index contributed by atoms with van der Waals surface area (Å²) in [5.41, 5.74) is 5.65. The van der Waals surface area contributed by atoms with E-state index in [-0.39, 0.29) is 49.6 Å². The average molecular weight is 813 g/mol. The summed E-state index contributed by atoms with van der Waals surface area (Å²) in [6, 6.07) is 26.8. The first-order valence-corrected chi connectivity index (χ1v) is 16.8. The lowest BCUT2D eigenvalue weighted by molar-refractivity contribution is -0.758. The molecule has 0 bridgehead atoms. The minimum Gasteiger partial charge on any atom is -1.00 e. The molecule has 1 aliphatic carbocycles. The van der Waals surface area contributed by atoms with E-state index in [2.05, 4.69) is 240 Å². The zero-order valence-corrected chi connectivity index (χ0v) is 35.6. The second-order valence-corrected chi connectivity index (χ2v) is 13.5. The van der Waals surface area contributed by atoms with Gasteiger partial charge in [-0.15, -0.1) is 0 Å². The molecule has 5 radical (unpaired) electrons. The van der Waals surface area contributed by atoms with Crippen molar-refractivity contribution in [1.29, 1.82) is 0 Å². The van der Waals surface area contributed by atoms with Gasteiger partial charge in [-0.2, -0.15) is 22.8 Å². The first kappa shape index (κ1) is 46.1. The Morgan fingerprint density at radius 2 is 0.352 bits per heavy atom. The molecule has 5 aromatic rings. The van der Waals surface area contributed by atoms with Gasteiger partial charge in [-0.3, -0.25) is 0 Å². The zero-order valence-electron chi connectivity index (χ0n) is 32.5. The summed E-state index contributed by atoms with van der Waals surface area (Å²) in [7, 11) is 20.7. The molecule has 0 atom stereocenters. The van der Waals surface area contributed by atoms with Crippen molar-refractivity contribution in [2.24, 2.45) is 0 Å². The Kier molecular flexibility index (Phi) is 16.6. The van der Waals surface area contributed by atoms with E-state index in [9.17, 15) is 0 Å². The molecule has 1 saturated carbocycles. The quantitative estimate of drug-likeness (QED) is 0.131. The SMILES string of the molecule is CN(C)c1cc[n+]([C]2[C]([n+]3ccc(N(C)C)cc3)[C]([n+]3ccc(N(C)C)cc3)[C]([n+]3ccc(N(C)C)cc3)[C]2[n+]2ccc(N(C)C)cc2)cc1.[Cl-].[Cl-].[Cl-].[Cl-]. The van der Waals surface area contributed by atoms with Gasteiger partial charge < -0.3 is 74.1 Å². The summed E-state index contributed by atoms with van der Waals surface area (Å²) in [5, 5.41) is 0. The van der Waals surface area contributed by atoms with Crippen LogP contribution in [0.4, 0.5) is 28.4 Å². The topological polar surface area (TPSA) is 35.6 Å². The Morgan fingerprint density at radius 1 is 0.241 bits per heavy atom. The standard InChI is InChI=1S/C40H50N10.4ClH/c1-41(2)31-11-21-46(22-12-31)36-37(47-23-13-32(14-24-47)42(3)4)39(49-27-17-34(18-28-49)44(7)8)40(50-29-19-35(20-30-50)45(9)10)38(36)48-25-15-33(16-26-48)43(5)6;;;;/h11-30H,1-10H3;4*1H/q+5;;;;/p-4. The minimum absolute atomic E-state index is 0. The Balaban J connectivity index is 0.00000252. The molecule has 0 unspecified atom stereocenters. The van der Waals surface area contributed by atoms with E-state index in [1.165, 1.54) is 0 Å². The maximum Gasteiger partial charge on any atom is 0.406 e. The highest BCUT2D eigenvalue weighted by molar-refractivity contribution is 5.51. The van der Waals surface area contributed by atoms with Crippen LogP contribution in [0.5, 0.6) is 0 Å². The summed E-state index contributed by atoms with van der Waals surface area (Å²) in [5.74, 6) is 0. The van der Waals surface area contributed by atoms with Gasteiger partial charge in [0.2, 0.25) is 0 Å². The fourth-order valence-corrected chi connectivity index (χ4v) is 6.11. The van der Waals surface area contributed by atoms with Crippen LogP contribution in [0, 0.1) is 30.2 Å². The van der Waals surface area contributed by atoms with E-state index in [4.69, 9.17) is 0 Å². The molecule has 10 nitrogen and oxygen atoms in total. The van der Waals surface area contributed by atoms with Crippen LogP contribution in [-0.4, -0.2) is 70.5 Å². The van der Waals surface area contributed by atoms with Crippen LogP contribution >= 0.6 is 0 Å². The highest BCUT2D eigenvalue weighted by Gasteiger charge is 2.83. The van der Waals surface area contributed by atoms with Gasteiger partial charge in [0.15, 0.2) is 62.0 Å². The average Bonchev–Trinajstić information content (AvgIpc) is 3.48. The molecule has 6 rings (SSSR count). The van der Waals surface area contributed by atoms with Gasteiger partial charge in [0.05, 0.1) is 0 Å². The maximum atomic E-state index is 2.24. The second-order valence-electron chi connectivity index (χ2n) is 13.5. The molecule has 5 aromatic heterocycles. The lowest BCUT2D eigenvalue weighted by Gasteiger charge is -2.14. The highest BCUT2D eigenvalue weighted by Crippen LogP contribution is 2.45. The Bertz CT molecular complexity index is 1520. The van der Waals surface area contributed by atoms with Crippen LogP contribution in [0.25, 0.3) is 0 Å². The van der Waals surface area contributed by atoms with Crippen molar-refractivity contribution in [3.63, 3.8) is 0 Å². The smallest absolute Gasteiger partial charge is 0.406 e. The number of aromatic nitrogens is 5. The molecule has 287 valence electrons. The largest absolute Gasteiger partial charge is 1.00 e. The number of nitrogens with zero attached hydrogens (tertiary/aromatic N) is 10. The molecule has 14 heteroatoms. The lowest BCUT2D eigenvalue weighted by atomic mass is 10.1. The molecule has 0 N–H and O–H groups in total. The Labute approximate surface area is 347 Å². The summed E-state index contributed by atoms with van der Waals surface area (Å²) >= 11 is 0. The predicted octanol–water partition coefficient (Wildman–Crippen LogP) is -9.82. The number of hydrogen-bond donors (Lipinski definition) is 0. The fraction of sp³-hybridized carbons (Fsp3) is 0.250.